The molecule has 0 aliphatic heterocycles. The zero-order valence-electron chi connectivity index (χ0n) is 22.8. The van der Waals surface area contributed by atoms with Crippen LogP contribution in [-0.2, 0) is 4.79 Å². The molecule has 3 N–H and O–H groups in total. The summed E-state index contributed by atoms with van der Waals surface area (Å²) in [5.41, 5.74) is 0. The van der Waals surface area contributed by atoms with Crippen LogP contribution in [0.25, 0.3) is 0 Å². The number of allylic oxidation sites excluding steroid dienone is 7. The summed E-state index contributed by atoms with van der Waals surface area (Å²) >= 11 is 0. The number of unbranched alkanes of at least 4 members (excludes halogenated alkanes) is 11. The van der Waals surface area contributed by atoms with Gasteiger partial charge in [0.1, 0.15) is 0 Å². The number of amides is 1. The molecule has 0 aromatic heterocycles. The monoisotopic (exact) mass is 489 g/mol. The van der Waals surface area contributed by atoms with Crippen LogP contribution in [-0.4, -0.2) is 34.9 Å². The summed E-state index contributed by atoms with van der Waals surface area (Å²) in [7, 11) is 0. The van der Waals surface area contributed by atoms with Gasteiger partial charge in [0.2, 0.25) is 5.91 Å². The van der Waals surface area contributed by atoms with Gasteiger partial charge < -0.3 is 15.5 Å². The van der Waals surface area contributed by atoms with Gasteiger partial charge >= 0.3 is 0 Å². The molecule has 0 bridgehead atoms. The van der Waals surface area contributed by atoms with Crippen molar-refractivity contribution >= 4 is 5.91 Å². The Hall–Kier alpha value is -1.65. The van der Waals surface area contributed by atoms with E-state index < -0.39 is 12.1 Å². The Morgan fingerprint density at radius 3 is 1.89 bits per heavy atom. The maximum atomic E-state index is 12.2. The van der Waals surface area contributed by atoms with Gasteiger partial charge in [0.15, 0.2) is 0 Å². The first-order chi connectivity index (χ1) is 17.2. The van der Waals surface area contributed by atoms with Crippen molar-refractivity contribution < 1.29 is 15.0 Å². The molecular weight excluding hydrogens is 434 g/mol. The van der Waals surface area contributed by atoms with Crippen LogP contribution in [0.15, 0.2) is 48.6 Å². The Morgan fingerprint density at radius 2 is 1.26 bits per heavy atom. The minimum atomic E-state index is -0.847. The summed E-state index contributed by atoms with van der Waals surface area (Å²) < 4.78 is 0. The maximum Gasteiger partial charge on any atom is 0.220 e. The quantitative estimate of drug-likeness (QED) is 0.0960. The van der Waals surface area contributed by atoms with E-state index in [2.05, 4.69) is 55.6 Å². The fraction of sp³-hybridized carbons (Fsp3) is 0.710. The van der Waals surface area contributed by atoms with Crippen LogP contribution in [0.4, 0.5) is 0 Å². The fourth-order valence-corrected chi connectivity index (χ4v) is 3.83. The van der Waals surface area contributed by atoms with Crippen LogP contribution in [0.1, 0.15) is 123 Å². The van der Waals surface area contributed by atoms with E-state index >= 15 is 0 Å². The third kappa shape index (κ3) is 23.8. The fourth-order valence-electron chi connectivity index (χ4n) is 3.83. The van der Waals surface area contributed by atoms with Gasteiger partial charge in [-0.3, -0.25) is 4.79 Å². The Bertz CT molecular complexity index is 580. The third-order valence-corrected chi connectivity index (χ3v) is 6.07. The molecule has 0 rings (SSSR count). The summed E-state index contributed by atoms with van der Waals surface area (Å²) in [5, 5.41) is 22.6. The van der Waals surface area contributed by atoms with Crippen molar-refractivity contribution in [2.75, 3.05) is 6.61 Å². The lowest BCUT2D eigenvalue weighted by Crippen LogP contribution is -2.45. The number of rotatable bonds is 24. The SMILES string of the molecule is CC/C=C\C/C=C\C/C=C\CCCCCC(=O)NC(CO)C(O)/C=C/CCCCCCCCCC. The molecule has 0 heterocycles. The predicted octanol–water partition coefficient (Wildman–Crippen LogP) is 7.72. The molecule has 4 nitrogen and oxygen atoms in total. The van der Waals surface area contributed by atoms with Crippen molar-refractivity contribution in [1.82, 2.24) is 5.32 Å². The highest BCUT2D eigenvalue weighted by molar-refractivity contribution is 5.76. The molecule has 2 unspecified atom stereocenters. The lowest BCUT2D eigenvalue weighted by Gasteiger charge is -2.19. The maximum absolute atomic E-state index is 12.2. The molecule has 0 radical (unpaired) electrons. The smallest absolute Gasteiger partial charge is 0.220 e. The molecule has 0 aromatic carbocycles. The number of hydrogen-bond acceptors (Lipinski definition) is 3. The lowest BCUT2D eigenvalue weighted by atomic mass is 10.1. The third-order valence-electron chi connectivity index (χ3n) is 6.07. The summed E-state index contributed by atoms with van der Waals surface area (Å²) in [5.74, 6) is -0.0997. The predicted molar refractivity (Wildman–Crippen MR) is 151 cm³/mol. The molecule has 0 fully saturated rings. The van der Waals surface area contributed by atoms with Gasteiger partial charge in [-0.05, 0) is 51.4 Å². The highest BCUT2D eigenvalue weighted by atomic mass is 16.3. The van der Waals surface area contributed by atoms with Gasteiger partial charge in [0, 0.05) is 6.42 Å². The number of carbonyl (C=O) groups excluding carboxylic acids is 1. The molecule has 1 amide bonds. The highest BCUT2D eigenvalue weighted by Gasteiger charge is 2.17. The van der Waals surface area contributed by atoms with Gasteiger partial charge in [0.05, 0.1) is 18.8 Å². The number of carbonyl (C=O) groups is 1. The number of hydrogen-bond donors (Lipinski definition) is 3. The number of aliphatic hydroxyl groups excluding tert-OH is 2. The first kappa shape index (κ1) is 33.4. The zero-order valence-corrected chi connectivity index (χ0v) is 22.8. The van der Waals surface area contributed by atoms with E-state index in [1.165, 1.54) is 44.9 Å². The number of nitrogens with one attached hydrogen (secondary N) is 1. The van der Waals surface area contributed by atoms with Crippen molar-refractivity contribution in [3.05, 3.63) is 48.6 Å². The van der Waals surface area contributed by atoms with Crippen molar-refractivity contribution in [2.24, 2.45) is 0 Å². The van der Waals surface area contributed by atoms with E-state index in [0.717, 1.165) is 57.8 Å². The molecule has 0 spiro atoms. The van der Waals surface area contributed by atoms with Crippen LogP contribution in [0.2, 0.25) is 0 Å². The van der Waals surface area contributed by atoms with Crippen molar-refractivity contribution in [1.29, 1.82) is 0 Å². The van der Waals surface area contributed by atoms with E-state index in [0.29, 0.717) is 6.42 Å². The topological polar surface area (TPSA) is 69.6 Å². The van der Waals surface area contributed by atoms with Gasteiger partial charge in [-0.15, -0.1) is 0 Å². The van der Waals surface area contributed by atoms with Crippen molar-refractivity contribution in [2.45, 2.75) is 135 Å². The molecular formula is C31H55NO3. The van der Waals surface area contributed by atoms with Gasteiger partial charge in [-0.25, -0.2) is 0 Å². The minimum Gasteiger partial charge on any atom is -0.394 e. The second-order valence-electron chi connectivity index (χ2n) is 9.43. The summed E-state index contributed by atoms with van der Waals surface area (Å²) in [6.07, 6.45) is 34.6. The van der Waals surface area contributed by atoms with E-state index in [-0.39, 0.29) is 12.5 Å². The van der Waals surface area contributed by atoms with Gasteiger partial charge in [-0.1, -0.05) is 114 Å². The van der Waals surface area contributed by atoms with Crippen LogP contribution in [0, 0.1) is 0 Å². The molecule has 0 saturated carbocycles. The molecule has 0 saturated heterocycles. The average molecular weight is 490 g/mol. The lowest BCUT2D eigenvalue weighted by molar-refractivity contribution is -0.123. The Labute approximate surface area is 216 Å². The van der Waals surface area contributed by atoms with Crippen LogP contribution >= 0.6 is 0 Å². The minimum absolute atomic E-state index is 0.0997. The van der Waals surface area contributed by atoms with Crippen LogP contribution in [0.5, 0.6) is 0 Å². The molecule has 2 atom stereocenters. The molecule has 0 aliphatic carbocycles. The van der Waals surface area contributed by atoms with Crippen LogP contribution < -0.4 is 5.32 Å². The van der Waals surface area contributed by atoms with E-state index in [9.17, 15) is 15.0 Å². The van der Waals surface area contributed by atoms with E-state index in [4.69, 9.17) is 0 Å². The van der Waals surface area contributed by atoms with E-state index in [1.807, 2.05) is 6.08 Å². The summed E-state index contributed by atoms with van der Waals surface area (Å²) in [4.78, 5) is 12.2. The normalized spacial score (nSPS) is 14.1. The van der Waals surface area contributed by atoms with E-state index in [1.54, 1.807) is 6.08 Å². The molecule has 4 heteroatoms. The Kier molecular flexibility index (Phi) is 25.7. The number of aliphatic hydroxyl groups is 2. The second kappa shape index (κ2) is 26.9. The first-order valence-corrected chi connectivity index (χ1v) is 14.4. The zero-order chi connectivity index (χ0) is 25.8. The Morgan fingerprint density at radius 1 is 0.714 bits per heavy atom. The van der Waals surface area contributed by atoms with Crippen molar-refractivity contribution in [3.8, 4) is 0 Å². The highest BCUT2D eigenvalue weighted by Crippen LogP contribution is 2.10. The molecule has 0 aliphatic rings. The Balaban J connectivity index is 3.80. The second-order valence-corrected chi connectivity index (χ2v) is 9.43. The van der Waals surface area contributed by atoms with Crippen LogP contribution in [0.3, 0.4) is 0 Å². The largest absolute Gasteiger partial charge is 0.394 e. The average Bonchev–Trinajstić information content (AvgIpc) is 2.86. The molecule has 202 valence electrons. The standard InChI is InChI=1S/C31H55NO3/c1-3-5-7-9-11-13-15-16-17-19-21-23-25-27-31(35)32-29(28-33)30(34)26-24-22-20-18-14-12-10-8-6-4-2/h5,7,11,13,16-17,24,26,29-30,33-34H,3-4,6,8-10,12,14-15,18-23,25,27-28H2,1-2H3,(H,32,35)/b7-5-,13-11-,17-16-,26-24+. The molecule has 35 heavy (non-hydrogen) atoms. The van der Waals surface area contributed by atoms with Gasteiger partial charge in [0.25, 0.3) is 0 Å². The molecule has 0 aromatic rings. The summed E-state index contributed by atoms with van der Waals surface area (Å²) in [6.45, 7) is 4.12. The van der Waals surface area contributed by atoms with Gasteiger partial charge in [-0.2, -0.15) is 0 Å². The van der Waals surface area contributed by atoms with Crippen molar-refractivity contribution in [3.63, 3.8) is 0 Å². The summed E-state index contributed by atoms with van der Waals surface area (Å²) in [6, 6.07) is -0.634. The first-order valence-electron chi connectivity index (χ1n) is 14.4.